The number of benzene rings is 4. The fraction of sp³-hybridized carbons (Fsp3) is 0.0606. The Morgan fingerprint density at radius 3 is 2.33 bits per heavy atom. The van der Waals surface area contributed by atoms with E-state index >= 15 is 0 Å². The molecule has 3 N–H and O–H groups in total. The topological polar surface area (TPSA) is 141 Å². The van der Waals surface area contributed by atoms with Gasteiger partial charge in [0.25, 0.3) is 5.91 Å². The van der Waals surface area contributed by atoms with Crippen LogP contribution in [0, 0.1) is 23.0 Å². The molecule has 0 saturated carbocycles. The summed E-state index contributed by atoms with van der Waals surface area (Å²) in [7, 11) is 0. The van der Waals surface area contributed by atoms with Crippen LogP contribution in [0.4, 0.5) is 19.3 Å². The van der Waals surface area contributed by atoms with Gasteiger partial charge in [-0.2, -0.15) is 5.26 Å². The molecule has 1 atom stereocenters. The first-order valence-electron chi connectivity index (χ1n) is 13.3. The molecule has 0 aliphatic heterocycles. The van der Waals surface area contributed by atoms with Crippen LogP contribution >= 0.6 is 11.6 Å². The summed E-state index contributed by atoms with van der Waals surface area (Å²) in [5.74, 6) is -5.21. The van der Waals surface area contributed by atoms with Gasteiger partial charge < -0.3 is 15.2 Å². The summed E-state index contributed by atoms with van der Waals surface area (Å²) < 4.78 is 34.9. The third-order valence-corrected chi connectivity index (χ3v) is 7.06. The van der Waals surface area contributed by atoms with Crippen LogP contribution in [0.25, 0.3) is 22.0 Å². The molecule has 1 aromatic heterocycles. The molecule has 12 heteroatoms. The molecule has 224 valence electrons. The maximum atomic E-state index is 14.9. The highest BCUT2D eigenvalue weighted by atomic mass is 35.5. The number of nitrogens with one attached hydrogen (secondary N) is 2. The Bertz CT molecular complexity index is 1980. The van der Waals surface area contributed by atoms with Crippen LogP contribution in [-0.4, -0.2) is 34.1 Å². The number of pyridine rings is 1. The second kappa shape index (κ2) is 13.2. The van der Waals surface area contributed by atoms with Crippen molar-refractivity contribution in [1.82, 2.24) is 10.3 Å². The number of carboxylic acid groups (broad SMARTS) is 1. The van der Waals surface area contributed by atoms with E-state index in [4.69, 9.17) is 21.6 Å². The second-order valence-corrected chi connectivity index (χ2v) is 10.1. The van der Waals surface area contributed by atoms with Gasteiger partial charge in [0, 0.05) is 39.8 Å². The van der Waals surface area contributed by atoms with E-state index in [2.05, 4.69) is 15.6 Å². The molecule has 9 nitrogen and oxygen atoms in total. The van der Waals surface area contributed by atoms with E-state index in [9.17, 15) is 28.3 Å². The first kappa shape index (κ1) is 30.6. The SMILES string of the molecule is N#Cc1ccc(-c2ccc(C[C@H](NC(=O)c3c(F)cc(NC(=O)Oc4ccccc4)cc3F)C(=O)O)c3cccnc23)c(Cl)c1. The molecular formula is C33H21ClF2N4O5. The van der Waals surface area contributed by atoms with Crippen LogP contribution in [0.1, 0.15) is 21.5 Å². The number of fused-ring (bicyclic) bond motifs is 1. The average Bonchev–Trinajstić information content (AvgIpc) is 3.01. The van der Waals surface area contributed by atoms with Gasteiger partial charge in [0.1, 0.15) is 29.0 Å². The first-order chi connectivity index (χ1) is 21.6. The van der Waals surface area contributed by atoms with E-state index in [0.29, 0.717) is 50.3 Å². The number of carbonyl (C=O) groups excluding carboxylic acids is 2. The number of ether oxygens (including phenoxy) is 1. The smallest absolute Gasteiger partial charge is 0.417 e. The highest BCUT2D eigenvalue weighted by molar-refractivity contribution is 6.33. The Hall–Kier alpha value is -5.86. The fourth-order valence-corrected chi connectivity index (χ4v) is 4.96. The maximum absolute atomic E-state index is 14.9. The van der Waals surface area contributed by atoms with E-state index in [1.807, 2.05) is 6.07 Å². The Morgan fingerprint density at radius 1 is 0.956 bits per heavy atom. The van der Waals surface area contributed by atoms with Crippen LogP contribution in [0.3, 0.4) is 0 Å². The number of halogens is 3. The minimum atomic E-state index is -1.58. The zero-order valence-electron chi connectivity index (χ0n) is 23.1. The van der Waals surface area contributed by atoms with Gasteiger partial charge in [-0.05, 0) is 48.0 Å². The highest BCUT2D eigenvalue weighted by Gasteiger charge is 2.27. The molecule has 0 unspecified atom stereocenters. The van der Waals surface area contributed by atoms with Gasteiger partial charge in [-0.25, -0.2) is 18.4 Å². The zero-order valence-corrected chi connectivity index (χ0v) is 23.8. The maximum Gasteiger partial charge on any atom is 0.417 e. The molecule has 2 amide bonds. The van der Waals surface area contributed by atoms with Crippen LogP contribution in [0.15, 0.2) is 91.1 Å². The van der Waals surface area contributed by atoms with Gasteiger partial charge in [0.15, 0.2) is 0 Å². The number of para-hydroxylation sites is 1. The summed E-state index contributed by atoms with van der Waals surface area (Å²) in [5.41, 5.74) is 1.23. The third-order valence-electron chi connectivity index (χ3n) is 6.75. The summed E-state index contributed by atoms with van der Waals surface area (Å²) in [5, 5.41) is 24.3. The van der Waals surface area contributed by atoms with Gasteiger partial charge in [0.05, 0.1) is 17.1 Å². The van der Waals surface area contributed by atoms with Gasteiger partial charge >= 0.3 is 12.1 Å². The van der Waals surface area contributed by atoms with Crippen molar-refractivity contribution in [2.24, 2.45) is 0 Å². The third kappa shape index (κ3) is 6.87. The summed E-state index contributed by atoms with van der Waals surface area (Å²) in [6.45, 7) is 0. The molecule has 0 fully saturated rings. The minimum Gasteiger partial charge on any atom is -0.480 e. The Labute approximate surface area is 259 Å². The van der Waals surface area contributed by atoms with E-state index in [1.54, 1.807) is 60.8 Å². The van der Waals surface area contributed by atoms with Crippen LogP contribution in [0.2, 0.25) is 5.02 Å². The average molecular weight is 627 g/mol. The number of aromatic nitrogens is 1. The van der Waals surface area contributed by atoms with Crippen molar-refractivity contribution < 1.29 is 33.0 Å². The molecule has 0 aliphatic carbocycles. The van der Waals surface area contributed by atoms with E-state index in [1.165, 1.54) is 18.2 Å². The molecule has 5 rings (SSSR count). The van der Waals surface area contributed by atoms with Crippen molar-refractivity contribution in [3.8, 4) is 22.9 Å². The lowest BCUT2D eigenvalue weighted by atomic mass is 9.94. The predicted molar refractivity (Wildman–Crippen MR) is 162 cm³/mol. The Balaban J connectivity index is 1.36. The van der Waals surface area contributed by atoms with Crippen molar-refractivity contribution in [1.29, 1.82) is 5.26 Å². The number of carboxylic acids is 1. The van der Waals surface area contributed by atoms with Crippen molar-refractivity contribution >= 4 is 46.2 Å². The number of rotatable bonds is 8. The van der Waals surface area contributed by atoms with Gasteiger partial charge in [-0.1, -0.05) is 54.1 Å². The normalized spacial score (nSPS) is 11.3. The molecule has 1 heterocycles. The number of hydrogen-bond acceptors (Lipinski definition) is 6. The van der Waals surface area contributed by atoms with Crippen LogP contribution in [0.5, 0.6) is 5.75 Å². The summed E-state index contributed by atoms with van der Waals surface area (Å²) >= 11 is 6.42. The van der Waals surface area contributed by atoms with Gasteiger partial charge in [-0.15, -0.1) is 0 Å². The van der Waals surface area contributed by atoms with E-state index in [0.717, 1.165) is 0 Å². The molecule has 0 saturated heterocycles. The lowest BCUT2D eigenvalue weighted by molar-refractivity contribution is -0.139. The molecule has 0 radical (unpaired) electrons. The first-order valence-corrected chi connectivity index (χ1v) is 13.7. The molecule has 5 aromatic rings. The number of anilines is 1. The van der Waals surface area contributed by atoms with Crippen LogP contribution < -0.4 is 15.4 Å². The molecule has 0 bridgehead atoms. The van der Waals surface area contributed by atoms with Gasteiger partial charge in [-0.3, -0.25) is 15.1 Å². The molecule has 4 aromatic carbocycles. The van der Waals surface area contributed by atoms with Crippen molar-refractivity contribution in [2.75, 3.05) is 5.32 Å². The number of nitriles is 1. The summed E-state index contributed by atoms with van der Waals surface area (Å²) in [6.07, 6.45) is 0.283. The second-order valence-electron chi connectivity index (χ2n) is 9.69. The number of aliphatic carboxylic acids is 1. The quantitative estimate of drug-likeness (QED) is 0.173. The Kier molecular flexibility index (Phi) is 8.97. The monoisotopic (exact) mass is 626 g/mol. The largest absolute Gasteiger partial charge is 0.480 e. The van der Waals surface area contributed by atoms with Crippen molar-refractivity contribution in [3.63, 3.8) is 0 Å². The number of carbonyl (C=O) groups is 3. The van der Waals surface area contributed by atoms with Crippen molar-refractivity contribution in [2.45, 2.75) is 12.5 Å². The number of nitrogens with zero attached hydrogens (tertiary/aromatic N) is 2. The summed E-state index contributed by atoms with van der Waals surface area (Å²) in [4.78, 5) is 41.7. The van der Waals surface area contributed by atoms with Gasteiger partial charge in [0.2, 0.25) is 0 Å². The van der Waals surface area contributed by atoms with E-state index < -0.39 is 41.2 Å². The summed E-state index contributed by atoms with van der Waals surface area (Å²) in [6, 6.07) is 21.3. The molecule has 0 aliphatic rings. The zero-order chi connectivity index (χ0) is 32.1. The molecule has 45 heavy (non-hydrogen) atoms. The molecular weight excluding hydrogens is 606 g/mol. The highest BCUT2D eigenvalue weighted by Crippen LogP contribution is 2.35. The number of amides is 2. The molecule has 0 spiro atoms. The number of hydrogen-bond donors (Lipinski definition) is 3. The van der Waals surface area contributed by atoms with Crippen molar-refractivity contribution in [3.05, 3.63) is 124 Å². The minimum absolute atomic E-state index is 0.197. The van der Waals surface area contributed by atoms with Crippen LogP contribution in [-0.2, 0) is 11.2 Å². The Morgan fingerprint density at radius 2 is 1.67 bits per heavy atom. The predicted octanol–water partition coefficient (Wildman–Crippen LogP) is 6.74. The fourth-order valence-electron chi connectivity index (χ4n) is 4.68. The lowest BCUT2D eigenvalue weighted by Gasteiger charge is -2.18. The van der Waals surface area contributed by atoms with E-state index in [-0.39, 0.29) is 17.9 Å². The lowest BCUT2D eigenvalue weighted by Crippen LogP contribution is -2.43. The standard InChI is InChI=1S/C33H21ClF2N4O5/c34-25-13-18(17-37)8-10-23(25)24-11-9-19(22-7-4-12-38-30(22)24)14-28(32(42)43)40-31(41)29-26(35)15-20(16-27(29)36)39-33(44)45-21-5-2-1-3-6-21/h1-13,15-16,28H,14H2,(H,39,44)(H,40,41)(H,42,43)/t28-/m0/s1.